The van der Waals surface area contributed by atoms with Gasteiger partial charge >= 0.3 is 0 Å². The minimum atomic E-state index is -1.84. The number of hydrogen-bond acceptors (Lipinski definition) is 21. The summed E-state index contributed by atoms with van der Waals surface area (Å²) < 4.78 is 57.0. The molecule has 30 atom stereocenters. The first kappa shape index (κ1) is 53.3. The third kappa shape index (κ3) is 8.92. The van der Waals surface area contributed by atoms with E-state index in [0.29, 0.717) is 49.0 Å². The average molecular weight is 1020 g/mol. The van der Waals surface area contributed by atoms with Gasteiger partial charge in [-0.2, -0.15) is 5.06 Å². The van der Waals surface area contributed by atoms with Crippen molar-refractivity contribution in [1.82, 2.24) is 5.06 Å². The van der Waals surface area contributed by atoms with E-state index < -0.39 is 142 Å². The van der Waals surface area contributed by atoms with Crippen molar-refractivity contribution >= 4 is 0 Å². The van der Waals surface area contributed by atoms with Gasteiger partial charge in [-0.1, -0.05) is 39.3 Å². The van der Waals surface area contributed by atoms with Gasteiger partial charge in [0.05, 0.1) is 37.6 Å². The van der Waals surface area contributed by atoms with Gasteiger partial charge in [0.15, 0.2) is 25.2 Å². The van der Waals surface area contributed by atoms with E-state index >= 15 is 0 Å². The van der Waals surface area contributed by atoms with Gasteiger partial charge in [0.25, 0.3) is 0 Å². The smallest absolute Gasteiger partial charge is 0.187 e. The van der Waals surface area contributed by atoms with Crippen LogP contribution < -0.4 is 0 Å². The molecule has 10 aliphatic rings. The summed E-state index contributed by atoms with van der Waals surface area (Å²) >= 11 is 0. The summed E-state index contributed by atoms with van der Waals surface area (Å²) in [4.78, 5) is 0. The molecule has 9 fully saturated rings. The number of ether oxygens (including phenoxy) is 9. The van der Waals surface area contributed by atoms with Crippen molar-refractivity contribution in [3.8, 4) is 0 Å². The molecule has 0 amide bonds. The van der Waals surface area contributed by atoms with E-state index in [9.17, 15) is 56.3 Å². The summed E-state index contributed by atoms with van der Waals surface area (Å²) in [7, 11) is 0. The topological polar surface area (TPSA) is 309 Å². The summed E-state index contributed by atoms with van der Waals surface area (Å²) in [6.45, 7) is 11.7. The minimum Gasteiger partial charge on any atom is -0.394 e. The third-order valence-corrected chi connectivity index (χ3v) is 19.7. The molecular weight excluding hydrogens is 935 g/mol. The van der Waals surface area contributed by atoms with Crippen LogP contribution in [0.5, 0.6) is 0 Å². The van der Waals surface area contributed by atoms with E-state index in [1.54, 1.807) is 0 Å². The first-order valence-electron chi connectivity index (χ1n) is 26.4. The fourth-order valence-electron chi connectivity index (χ4n) is 15.5. The quantitative estimate of drug-likeness (QED) is 0.128. The zero-order valence-corrected chi connectivity index (χ0v) is 41.7. The minimum absolute atomic E-state index is 0.0795. The molecule has 0 aromatic rings. The van der Waals surface area contributed by atoms with Gasteiger partial charge in [0.1, 0.15) is 85.1 Å². The highest BCUT2D eigenvalue weighted by Gasteiger charge is 2.70. The monoisotopic (exact) mass is 1020 g/mol. The molecule has 6 aliphatic heterocycles. The van der Waals surface area contributed by atoms with Crippen LogP contribution in [-0.2, 0) is 42.6 Å². The van der Waals surface area contributed by atoms with Gasteiger partial charge in [-0.05, 0) is 112 Å². The molecule has 11 N–H and O–H groups in total. The highest BCUT2D eigenvalue weighted by molar-refractivity contribution is 5.27. The van der Waals surface area contributed by atoms with Crippen LogP contribution in [0.1, 0.15) is 99.3 Å². The molecule has 406 valence electrons. The van der Waals surface area contributed by atoms with E-state index in [1.165, 1.54) is 24.5 Å². The number of hydroxylamine groups is 2. The Bertz CT molecular complexity index is 1900. The molecule has 21 nitrogen and oxygen atoms in total. The zero-order valence-electron chi connectivity index (χ0n) is 41.7. The molecule has 4 aliphatic carbocycles. The molecule has 1 spiro atoms. The van der Waals surface area contributed by atoms with Crippen molar-refractivity contribution in [2.45, 2.75) is 234 Å². The maximum atomic E-state index is 11.3. The average Bonchev–Trinajstić information content (AvgIpc) is 3.80. The zero-order chi connectivity index (χ0) is 50.8. The molecule has 0 aromatic carbocycles. The second-order valence-electron chi connectivity index (χ2n) is 23.7. The summed E-state index contributed by atoms with van der Waals surface area (Å²) in [6, 6.07) is 0. The van der Waals surface area contributed by atoms with Crippen molar-refractivity contribution in [2.24, 2.45) is 46.3 Å². The number of fused-ring (bicyclic) bond motifs is 7. The van der Waals surface area contributed by atoms with Crippen molar-refractivity contribution in [1.29, 1.82) is 0 Å². The van der Waals surface area contributed by atoms with Crippen LogP contribution in [-0.4, -0.2) is 216 Å². The molecule has 3 saturated carbocycles. The van der Waals surface area contributed by atoms with Crippen LogP contribution in [0.4, 0.5) is 0 Å². The van der Waals surface area contributed by atoms with E-state index in [0.717, 1.165) is 44.9 Å². The van der Waals surface area contributed by atoms with Gasteiger partial charge in [-0.3, -0.25) is 0 Å². The number of piperidine rings is 1. The maximum absolute atomic E-state index is 11.3. The standard InChI is InChI=1S/C50H81NO20/c1-20-9-14-50(51(62)17-20)21(2)32-30(71-50)16-28-26-8-7-24-15-25(10-12-48(24,5)27(26)11-13-49(28,32)6)66-47-43(70-46-40(61)37(58)34(55)23(4)65-46)42(69-44-38(59)35(56)29(53)19-63-44)41(31(18-52)67-47)68-45-39(60)36(57)33(54)22(3)64-45/h7,20-23,25-47,52-62H,8-19H2,1-6H3/t20-,21-,22+,23+,25-,26+,27+,28+,29-,30-,31+,32-,33-,34+,35-,36+,37-,38-,39+,40+,41+,42+,43-,44-,45-,46+,47+,48-,49-,50-/m0/s1. The predicted molar refractivity (Wildman–Crippen MR) is 242 cm³/mol. The number of aliphatic hydroxyl groups excluding tert-OH is 10. The summed E-state index contributed by atoms with van der Waals surface area (Å²) in [5.74, 6) is 2.33. The Labute approximate surface area is 414 Å². The van der Waals surface area contributed by atoms with Gasteiger partial charge in [-0.25, -0.2) is 0 Å². The SMILES string of the molecule is C[C@H]1CC[C@@]2(O[C@H]3C[C@@H]4[C@@H]5CC=C6C[C@@H](O[C@@H]7O[C@H](CO)[C@@H](O[C@@H]8O[C@H](C)[C@H](O)[C@@H](O)[C@H]8O)[C@@H](O[C@@H]8OC[C@H](O)[C@H](O)[C@@H]8O)[C@@H]7O[C@H]7O[C@H](C)[C@@H](O)[C@H](O)[C@H]7O)CC[C@]6(C)[C@@H]5CC[C@]4(C)[C@H]3[C@@H]2C)N(O)C1. The number of rotatable bonds is 9. The highest BCUT2D eigenvalue weighted by atomic mass is 16.8. The number of hydrogen-bond donors (Lipinski definition) is 11. The number of aliphatic hydroxyl groups is 10. The van der Waals surface area contributed by atoms with Crippen LogP contribution in [0.2, 0.25) is 0 Å². The Kier molecular flexibility index (Phi) is 15.0. The molecule has 0 aromatic heterocycles. The number of allylic oxidation sites excluding steroid dienone is 1. The van der Waals surface area contributed by atoms with Gasteiger partial charge in [-0.15, -0.1) is 0 Å². The van der Waals surface area contributed by atoms with Crippen LogP contribution in [0, 0.1) is 46.3 Å². The largest absolute Gasteiger partial charge is 0.394 e. The van der Waals surface area contributed by atoms with Crippen LogP contribution >= 0.6 is 0 Å². The Balaban J connectivity index is 0.920. The van der Waals surface area contributed by atoms with Crippen LogP contribution in [0.15, 0.2) is 11.6 Å². The normalized spacial score (nSPS) is 57.6. The summed E-state index contributed by atoms with van der Waals surface area (Å²) in [5.41, 5.74) is 0.606. The Morgan fingerprint density at radius 1 is 0.662 bits per heavy atom. The molecule has 6 heterocycles. The highest BCUT2D eigenvalue weighted by Crippen LogP contribution is 2.71. The van der Waals surface area contributed by atoms with E-state index in [1.807, 2.05) is 0 Å². The number of nitrogens with zero attached hydrogens (tertiary/aromatic N) is 1. The lowest BCUT2D eigenvalue weighted by Crippen LogP contribution is -2.68. The van der Waals surface area contributed by atoms with Gasteiger partial charge in [0, 0.05) is 12.5 Å². The molecule has 21 heteroatoms. The van der Waals surface area contributed by atoms with Crippen LogP contribution in [0.3, 0.4) is 0 Å². The van der Waals surface area contributed by atoms with E-state index in [4.69, 9.17) is 42.6 Å². The Hall–Kier alpha value is -1.10. The lowest BCUT2D eigenvalue weighted by atomic mass is 9.47. The van der Waals surface area contributed by atoms with Crippen LogP contribution in [0.25, 0.3) is 0 Å². The molecule has 6 saturated heterocycles. The van der Waals surface area contributed by atoms with Crippen molar-refractivity contribution in [3.63, 3.8) is 0 Å². The lowest BCUT2D eigenvalue weighted by Gasteiger charge is -2.59. The van der Waals surface area contributed by atoms with E-state index in [-0.39, 0.29) is 22.9 Å². The predicted octanol–water partition coefficient (Wildman–Crippen LogP) is -0.620. The second kappa shape index (κ2) is 20.0. The molecule has 0 bridgehead atoms. The molecule has 0 radical (unpaired) electrons. The van der Waals surface area contributed by atoms with Gasteiger partial charge in [0.2, 0.25) is 0 Å². The second-order valence-corrected chi connectivity index (χ2v) is 23.7. The molecule has 0 unspecified atom stereocenters. The molecule has 71 heavy (non-hydrogen) atoms. The third-order valence-electron chi connectivity index (χ3n) is 19.7. The van der Waals surface area contributed by atoms with Crippen molar-refractivity contribution in [3.05, 3.63) is 11.6 Å². The molecular formula is C50H81NO20. The summed E-state index contributed by atoms with van der Waals surface area (Å²) in [5, 5.41) is 121. The fourth-order valence-corrected chi connectivity index (χ4v) is 15.5. The maximum Gasteiger partial charge on any atom is 0.187 e. The summed E-state index contributed by atoms with van der Waals surface area (Å²) in [6.07, 6.45) is -19.8. The Morgan fingerprint density at radius 3 is 1.94 bits per heavy atom. The van der Waals surface area contributed by atoms with Gasteiger partial charge < -0.3 is 98.9 Å². The Morgan fingerprint density at radius 2 is 1.30 bits per heavy atom. The van der Waals surface area contributed by atoms with Crippen molar-refractivity contribution < 1.29 is 98.9 Å². The van der Waals surface area contributed by atoms with E-state index in [2.05, 4.69) is 33.8 Å². The lowest BCUT2D eigenvalue weighted by molar-refractivity contribution is -0.407. The first-order valence-corrected chi connectivity index (χ1v) is 26.4. The molecule has 10 rings (SSSR count). The van der Waals surface area contributed by atoms with Crippen molar-refractivity contribution in [2.75, 3.05) is 19.8 Å². The fraction of sp³-hybridized carbons (Fsp3) is 0.960. The first-order chi connectivity index (χ1) is 33.6.